The van der Waals surface area contributed by atoms with E-state index in [2.05, 4.69) is 33.8 Å². The molecule has 0 aliphatic carbocycles. The van der Waals surface area contributed by atoms with Crippen LogP contribution in [0.5, 0.6) is 5.75 Å². The van der Waals surface area contributed by atoms with Crippen molar-refractivity contribution in [3.8, 4) is 5.75 Å². The smallest absolute Gasteiger partial charge is 0.135 e. The minimum Gasteiger partial charge on any atom is -0.491 e. The normalized spacial score (nSPS) is 11.0. The Hall–Kier alpha value is -1.24. The van der Waals surface area contributed by atoms with Crippen LogP contribution < -0.4 is 10.5 Å². The van der Waals surface area contributed by atoms with Gasteiger partial charge in [0.1, 0.15) is 11.6 Å². The van der Waals surface area contributed by atoms with Gasteiger partial charge in [0.25, 0.3) is 0 Å². The number of hydrogen-bond acceptors (Lipinski definition) is 3. The summed E-state index contributed by atoms with van der Waals surface area (Å²) in [4.78, 5) is 0. The van der Waals surface area contributed by atoms with Gasteiger partial charge in [-0.05, 0) is 61.1 Å². The monoisotopic (exact) mass is 371 g/mol. The molecule has 5 heteroatoms. The Balaban J connectivity index is 2.21. The average Bonchev–Trinajstić information content (AvgIpc) is 2.57. The number of halogens is 1. The first-order valence-corrected chi connectivity index (χ1v) is 7.29. The number of aryl methyl sites for hydroxylation is 1. The van der Waals surface area contributed by atoms with Crippen molar-refractivity contribution in [2.24, 2.45) is 0 Å². The average molecular weight is 371 g/mol. The number of benzene rings is 1. The molecule has 0 bridgehead atoms. The van der Waals surface area contributed by atoms with Crippen molar-refractivity contribution in [1.29, 1.82) is 0 Å². The van der Waals surface area contributed by atoms with E-state index in [-0.39, 0.29) is 6.10 Å². The van der Waals surface area contributed by atoms with Crippen LogP contribution in [0.3, 0.4) is 0 Å². The summed E-state index contributed by atoms with van der Waals surface area (Å²) in [6, 6.07) is 8.04. The highest BCUT2D eigenvalue weighted by molar-refractivity contribution is 14.1. The first-order chi connectivity index (χ1) is 8.97. The molecule has 0 fully saturated rings. The van der Waals surface area contributed by atoms with Crippen molar-refractivity contribution in [3.05, 3.63) is 39.1 Å². The van der Waals surface area contributed by atoms with Gasteiger partial charge < -0.3 is 10.5 Å². The van der Waals surface area contributed by atoms with Gasteiger partial charge in [-0.15, -0.1) is 0 Å². The van der Waals surface area contributed by atoms with Crippen LogP contribution in [0.15, 0.2) is 24.3 Å². The van der Waals surface area contributed by atoms with Gasteiger partial charge in [-0.25, -0.2) is 4.68 Å². The summed E-state index contributed by atoms with van der Waals surface area (Å²) in [5.74, 6) is 1.60. The lowest BCUT2D eigenvalue weighted by Crippen LogP contribution is -2.08. The molecule has 0 atom stereocenters. The Kier molecular flexibility index (Phi) is 4.34. The van der Waals surface area contributed by atoms with Gasteiger partial charge in [-0.2, -0.15) is 5.10 Å². The summed E-state index contributed by atoms with van der Waals surface area (Å²) < 4.78 is 8.53. The number of nitrogen functional groups attached to an aromatic ring is 1. The van der Waals surface area contributed by atoms with Crippen LogP contribution >= 0.6 is 22.6 Å². The number of hydrogen-bond donors (Lipinski definition) is 1. The zero-order valence-corrected chi connectivity index (χ0v) is 13.5. The number of anilines is 1. The van der Waals surface area contributed by atoms with E-state index in [1.165, 1.54) is 0 Å². The summed E-state index contributed by atoms with van der Waals surface area (Å²) in [6.07, 6.45) is 0.174. The van der Waals surface area contributed by atoms with Crippen LogP contribution in [0.25, 0.3) is 0 Å². The standard InChI is InChI=1S/C14H18IN3O/c1-9(2)19-12-6-4-5-11(7-12)8-18-14(16)13(15)10(3)17-18/h4-7,9H,8,16H2,1-3H3. The van der Waals surface area contributed by atoms with Crippen LogP contribution in [0.2, 0.25) is 0 Å². The number of nitrogens with two attached hydrogens (primary N) is 1. The Morgan fingerprint density at radius 3 is 2.74 bits per heavy atom. The van der Waals surface area contributed by atoms with Crippen LogP contribution in [-0.2, 0) is 6.54 Å². The van der Waals surface area contributed by atoms with Crippen LogP contribution in [-0.4, -0.2) is 15.9 Å². The highest BCUT2D eigenvalue weighted by atomic mass is 127. The van der Waals surface area contributed by atoms with Gasteiger partial charge in [0.2, 0.25) is 0 Å². The van der Waals surface area contributed by atoms with Crippen molar-refractivity contribution in [2.75, 3.05) is 5.73 Å². The van der Waals surface area contributed by atoms with Gasteiger partial charge >= 0.3 is 0 Å². The minimum absolute atomic E-state index is 0.174. The molecule has 1 aromatic carbocycles. The molecule has 0 amide bonds. The van der Waals surface area contributed by atoms with Gasteiger partial charge in [-0.1, -0.05) is 12.1 Å². The lowest BCUT2D eigenvalue weighted by atomic mass is 10.2. The summed E-state index contributed by atoms with van der Waals surface area (Å²) >= 11 is 2.22. The third-order valence-electron chi connectivity index (χ3n) is 2.69. The molecule has 1 aromatic heterocycles. The van der Waals surface area contributed by atoms with E-state index in [9.17, 15) is 0 Å². The van der Waals surface area contributed by atoms with E-state index in [0.29, 0.717) is 12.4 Å². The Morgan fingerprint density at radius 2 is 2.16 bits per heavy atom. The summed E-state index contributed by atoms with van der Waals surface area (Å²) in [5, 5.41) is 4.44. The maximum Gasteiger partial charge on any atom is 0.135 e. The topological polar surface area (TPSA) is 53.1 Å². The third kappa shape index (κ3) is 3.40. The first kappa shape index (κ1) is 14.2. The molecule has 2 rings (SSSR count). The van der Waals surface area contributed by atoms with E-state index < -0.39 is 0 Å². The Bertz CT molecular complexity index is 578. The lowest BCUT2D eigenvalue weighted by Gasteiger charge is -2.11. The first-order valence-electron chi connectivity index (χ1n) is 6.21. The van der Waals surface area contributed by atoms with Gasteiger partial charge in [-0.3, -0.25) is 0 Å². The fourth-order valence-electron chi connectivity index (χ4n) is 1.86. The maximum atomic E-state index is 6.03. The molecule has 0 aliphatic rings. The fraction of sp³-hybridized carbons (Fsp3) is 0.357. The number of nitrogens with zero attached hydrogens (tertiary/aromatic N) is 2. The summed E-state index contributed by atoms with van der Waals surface area (Å²) in [7, 11) is 0. The molecule has 102 valence electrons. The van der Waals surface area contributed by atoms with Crippen LogP contribution in [0, 0.1) is 10.5 Å². The van der Waals surface area contributed by atoms with Gasteiger partial charge in [0.05, 0.1) is 21.9 Å². The van der Waals surface area contributed by atoms with Gasteiger partial charge in [0.15, 0.2) is 0 Å². The van der Waals surface area contributed by atoms with Crippen molar-refractivity contribution in [3.63, 3.8) is 0 Å². The second-order valence-corrected chi connectivity index (χ2v) is 5.84. The molecule has 0 unspecified atom stereocenters. The van der Waals surface area contributed by atoms with Crippen molar-refractivity contribution >= 4 is 28.4 Å². The molecule has 0 radical (unpaired) electrons. The quantitative estimate of drug-likeness (QED) is 0.840. The van der Waals surface area contributed by atoms with Crippen molar-refractivity contribution < 1.29 is 4.74 Å². The molecule has 19 heavy (non-hydrogen) atoms. The molecule has 0 saturated carbocycles. The zero-order chi connectivity index (χ0) is 14.0. The number of rotatable bonds is 4. The Labute approximate surface area is 127 Å². The third-order valence-corrected chi connectivity index (χ3v) is 4.03. The molecule has 2 aromatic rings. The Morgan fingerprint density at radius 1 is 1.42 bits per heavy atom. The van der Waals surface area contributed by atoms with E-state index in [4.69, 9.17) is 10.5 Å². The lowest BCUT2D eigenvalue weighted by molar-refractivity contribution is 0.242. The van der Waals surface area contributed by atoms with Crippen molar-refractivity contribution in [1.82, 2.24) is 9.78 Å². The molecule has 0 saturated heterocycles. The molecular formula is C14H18IN3O. The van der Waals surface area contributed by atoms with Crippen LogP contribution in [0.4, 0.5) is 5.82 Å². The highest BCUT2D eigenvalue weighted by Gasteiger charge is 2.10. The molecule has 1 heterocycles. The van der Waals surface area contributed by atoms with E-state index in [0.717, 1.165) is 20.6 Å². The highest BCUT2D eigenvalue weighted by Crippen LogP contribution is 2.21. The largest absolute Gasteiger partial charge is 0.491 e. The number of aromatic nitrogens is 2. The summed E-state index contributed by atoms with van der Waals surface area (Å²) in [6.45, 7) is 6.66. The van der Waals surface area contributed by atoms with E-state index in [1.807, 2.05) is 43.7 Å². The predicted molar refractivity (Wildman–Crippen MR) is 85.4 cm³/mol. The molecule has 0 spiro atoms. The molecule has 4 nitrogen and oxygen atoms in total. The fourth-order valence-corrected chi connectivity index (χ4v) is 2.25. The molecule has 2 N–H and O–H groups in total. The van der Waals surface area contributed by atoms with E-state index >= 15 is 0 Å². The molecule has 0 aliphatic heterocycles. The molecular weight excluding hydrogens is 353 g/mol. The zero-order valence-electron chi connectivity index (χ0n) is 11.4. The SMILES string of the molecule is Cc1nn(Cc2cccc(OC(C)C)c2)c(N)c1I. The number of ether oxygens (including phenoxy) is 1. The second kappa shape index (κ2) is 5.81. The maximum absolute atomic E-state index is 6.03. The van der Waals surface area contributed by atoms with Gasteiger partial charge in [0, 0.05) is 0 Å². The van der Waals surface area contributed by atoms with Crippen LogP contribution in [0.1, 0.15) is 25.1 Å². The predicted octanol–water partition coefficient (Wildman–Crippen LogP) is 3.21. The minimum atomic E-state index is 0.174. The second-order valence-electron chi connectivity index (χ2n) is 4.76. The van der Waals surface area contributed by atoms with E-state index in [1.54, 1.807) is 0 Å². The summed E-state index contributed by atoms with van der Waals surface area (Å²) in [5.41, 5.74) is 8.13. The van der Waals surface area contributed by atoms with Crippen molar-refractivity contribution in [2.45, 2.75) is 33.4 Å².